The molecule has 0 unspecified atom stereocenters. The van der Waals surface area contributed by atoms with E-state index in [4.69, 9.17) is 9.47 Å². The van der Waals surface area contributed by atoms with Gasteiger partial charge in [0.2, 0.25) is 0 Å². The van der Waals surface area contributed by atoms with Gasteiger partial charge < -0.3 is 19.7 Å². The standard InChI is InChI=1S/C15H18O4/c16-10-13-14(15(17)8-4-1-5-9-15)19-12-7-3-2-6-11(12)18-13/h2-3,6-7,16-17H,1,4-5,8-10H2. The monoisotopic (exact) mass is 262 g/mol. The van der Waals surface area contributed by atoms with Crippen molar-refractivity contribution in [1.82, 2.24) is 0 Å². The van der Waals surface area contributed by atoms with Gasteiger partial charge in [0.25, 0.3) is 0 Å². The Labute approximate surface area is 112 Å². The van der Waals surface area contributed by atoms with E-state index in [9.17, 15) is 10.2 Å². The summed E-state index contributed by atoms with van der Waals surface area (Å²) < 4.78 is 11.5. The fourth-order valence-corrected chi connectivity index (χ4v) is 2.79. The molecule has 102 valence electrons. The van der Waals surface area contributed by atoms with Gasteiger partial charge in [-0.1, -0.05) is 31.4 Å². The minimum Gasteiger partial charge on any atom is -0.452 e. The SMILES string of the molecule is OCC1=C(C2(O)CCCCC2)Oc2ccccc2O1. The van der Waals surface area contributed by atoms with Crippen LogP contribution in [0.2, 0.25) is 0 Å². The number of hydrogen-bond donors (Lipinski definition) is 2. The van der Waals surface area contributed by atoms with Crippen LogP contribution in [0.15, 0.2) is 35.8 Å². The Kier molecular flexibility index (Phi) is 3.21. The summed E-state index contributed by atoms with van der Waals surface area (Å²) in [4.78, 5) is 0. The van der Waals surface area contributed by atoms with Crippen LogP contribution in [-0.4, -0.2) is 22.4 Å². The molecule has 4 nitrogen and oxygen atoms in total. The van der Waals surface area contributed by atoms with Gasteiger partial charge in [-0.25, -0.2) is 0 Å². The number of aliphatic hydroxyl groups excluding tert-OH is 1. The van der Waals surface area contributed by atoms with Gasteiger partial charge in [0.15, 0.2) is 23.0 Å². The second kappa shape index (κ2) is 4.87. The first kappa shape index (κ1) is 12.5. The fourth-order valence-electron chi connectivity index (χ4n) is 2.79. The maximum absolute atomic E-state index is 10.7. The molecule has 19 heavy (non-hydrogen) atoms. The molecule has 1 aliphatic heterocycles. The lowest BCUT2D eigenvalue weighted by molar-refractivity contribution is -0.00375. The number of rotatable bonds is 2. The smallest absolute Gasteiger partial charge is 0.176 e. The van der Waals surface area contributed by atoms with Crippen LogP contribution >= 0.6 is 0 Å². The van der Waals surface area contributed by atoms with Crippen molar-refractivity contribution < 1.29 is 19.7 Å². The molecule has 1 fully saturated rings. The Morgan fingerprint density at radius 3 is 2.26 bits per heavy atom. The van der Waals surface area contributed by atoms with Gasteiger partial charge in [-0.2, -0.15) is 0 Å². The molecule has 0 saturated heterocycles. The average Bonchev–Trinajstić information content (AvgIpc) is 2.46. The Morgan fingerprint density at radius 2 is 1.63 bits per heavy atom. The molecule has 1 saturated carbocycles. The fraction of sp³-hybridized carbons (Fsp3) is 0.467. The molecule has 3 rings (SSSR count). The van der Waals surface area contributed by atoms with Crippen LogP contribution in [0.3, 0.4) is 0 Å². The van der Waals surface area contributed by atoms with E-state index in [2.05, 4.69) is 0 Å². The number of hydrogen-bond acceptors (Lipinski definition) is 4. The normalized spacial score (nSPS) is 21.4. The van der Waals surface area contributed by atoms with Gasteiger partial charge in [-0.15, -0.1) is 0 Å². The van der Waals surface area contributed by atoms with E-state index < -0.39 is 5.60 Å². The minimum absolute atomic E-state index is 0.272. The molecule has 4 heteroatoms. The third kappa shape index (κ3) is 2.22. The largest absolute Gasteiger partial charge is 0.452 e. The maximum atomic E-state index is 10.7. The summed E-state index contributed by atoms with van der Waals surface area (Å²) in [5, 5.41) is 20.2. The lowest BCUT2D eigenvalue weighted by atomic mass is 9.82. The molecule has 1 heterocycles. The number of ether oxygens (including phenoxy) is 2. The molecule has 2 N–H and O–H groups in total. The Hall–Kier alpha value is -1.52. The highest BCUT2D eigenvalue weighted by molar-refractivity contribution is 5.45. The van der Waals surface area contributed by atoms with Gasteiger partial charge in [-0.3, -0.25) is 0 Å². The van der Waals surface area contributed by atoms with E-state index in [1.165, 1.54) is 0 Å². The topological polar surface area (TPSA) is 58.9 Å². The van der Waals surface area contributed by atoms with Crippen LogP contribution in [0.25, 0.3) is 0 Å². The summed E-state index contributed by atoms with van der Waals surface area (Å²) in [6.07, 6.45) is 4.35. The van der Waals surface area contributed by atoms with Crippen molar-refractivity contribution in [3.8, 4) is 11.5 Å². The molecule has 2 aliphatic rings. The van der Waals surface area contributed by atoms with Crippen LogP contribution in [0.5, 0.6) is 11.5 Å². The summed E-state index contributed by atoms with van der Waals surface area (Å²) in [6.45, 7) is -0.272. The first-order valence-corrected chi connectivity index (χ1v) is 6.74. The van der Waals surface area contributed by atoms with Gasteiger partial charge in [-0.05, 0) is 25.0 Å². The molecule has 1 aliphatic carbocycles. The Morgan fingerprint density at radius 1 is 1.00 bits per heavy atom. The van der Waals surface area contributed by atoms with Crippen molar-refractivity contribution >= 4 is 0 Å². The molecular formula is C15H18O4. The second-order valence-corrected chi connectivity index (χ2v) is 5.15. The minimum atomic E-state index is -1.01. The van der Waals surface area contributed by atoms with E-state index in [0.29, 0.717) is 35.9 Å². The summed E-state index contributed by atoms with van der Waals surface area (Å²) in [7, 11) is 0. The van der Waals surface area contributed by atoms with E-state index in [1.54, 1.807) is 12.1 Å². The van der Waals surface area contributed by atoms with E-state index >= 15 is 0 Å². The van der Waals surface area contributed by atoms with Crippen molar-refractivity contribution in [2.45, 2.75) is 37.7 Å². The lowest BCUT2D eigenvalue weighted by Gasteiger charge is -2.36. The van der Waals surface area contributed by atoms with E-state index in [1.807, 2.05) is 12.1 Å². The maximum Gasteiger partial charge on any atom is 0.176 e. The highest BCUT2D eigenvalue weighted by Crippen LogP contribution is 2.42. The van der Waals surface area contributed by atoms with Crippen LogP contribution in [0.4, 0.5) is 0 Å². The quantitative estimate of drug-likeness (QED) is 0.859. The van der Waals surface area contributed by atoms with Crippen molar-refractivity contribution in [2.24, 2.45) is 0 Å². The average molecular weight is 262 g/mol. The lowest BCUT2D eigenvalue weighted by Crippen LogP contribution is -2.39. The Balaban J connectivity index is 1.97. The summed E-state index contributed by atoms with van der Waals surface area (Å²) >= 11 is 0. The number of fused-ring (bicyclic) bond motifs is 1. The molecule has 0 atom stereocenters. The molecule has 0 bridgehead atoms. The molecule has 1 aromatic rings. The highest BCUT2D eigenvalue weighted by Gasteiger charge is 2.40. The molecule has 0 aromatic heterocycles. The van der Waals surface area contributed by atoms with Gasteiger partial charge in [0.05, 0.1) is 0 Å². The highest BCUT2D eigenvalue weighted by atomic mass is 16.6. The van der Waals surface area contributed by atoms with Crippen molar-refractivity contribution in [2.75, 3.05) is 6.61 Å². The predicted molar refractivity (Wildman–Crippen MR) is 69.8 cm³/mol. The van der Waals surface area contributed by atoms with Crippen molar-refractivity contribution in [1.29, 1.82) is 0 Å². The molecular weight excluding hydrogens is 244 g/mol. The summed E-state index contributed by atoms with van der Waals surface area (Å²) in [5.74, 6) is 1.87. The summed E-state index contributed by atoms with van der Waals surface area (Å²) in [5.41, 5.74) is -1.01. The van der Waals surface area contributed by atoms with Crippen molar-refractivity contribution in [3.63, 3.8) is 0 Å². The number of benzene rings is 1. The first-order chi connectivity index (χ1) is 9.23. The number of aliphatic hydroxyl groups is 2. The molecule has 1 aromatic carbocycles. The van der Waals surface area contributed by atoms with E-state index in [-0.39, 0.29) is 6.61 Å². The number of para-hydroxylation sites is 2. The third-order valence-corrected chi connectivity index (χ3v) is 3.79. The van der Waals surface area contributed by atoms with Gasteiger partial charge in [0.1, 0.15) is 12.2 Å². The first-order valence-electron chi connectivity index (χ1n) is 6.74. The predicted octanol–water partition coefficient (Wildman–Crippen LogP) is 2.36. The van der Waals surface area contributed by atoms with Crippen molar-refractivity contribution in [3.05, 3.63) is 35.8 Å². The van der Waals surface area contributed by atoms with Crippen LogP contribution in [0, 0.1) is 0 Å². The zero-order valence-electron chi connectivity index (χ0n) is 10.8. The van der Waals surface area contributed by atoms with Crippen LogP contribution in [0.1, 0.15) is 32.1 Å². The molecule has 0 spiro atoms. The third-order valence-electron chi connectivity index (χ3n) is 3.79. The zero-order chi connectivity index (χ0) is 13.3. The summed E-state index contributed by atoms with van der Waals surface area (Å²) in [6, 6.07) is 7.29. The molecule has 0 amide bonds. The zero-order valence-corrected chi connectivity index (χ0v) is 10.8. The second-order valence-electron chi connectivity index (χ2n) is 5.15. The molecule has 0 radical (unpaired) electrons. The van der Waals surface area contributed by atoms with Crippen LogP contribution in [-0.2, 0) is 0 Å². The Bertz CT molecular complexity index is 501. The van der Waals surface area contributed by atoms with Gasteiger partial charge >= 0.3 is 0 Å². The van der Waals surface area contributed by atoms with Gasteiger partial charge in [0, 0.05) is 0 Å². The van der Waals surface area contributed by atoms with Crippen LogP contribution < -0.4 is 9.47 Å². The van der Waals surface area contributed by atoms with E-state index in [0.717, 1.165) is 19.3 Å².